The number of benzene rings is 1. The lowest BCUT2D eigenvalue weighted by molar-refractivity contribution is 0.0771. The number of rotatable bonds is 3. The second-order valence-electron chi connectivity index (χ2n) is 4.56. The van der Waals surface area contributed by atoms with Crippen LogP contribution < -0.4 is 5.32 Å². The Morgan fingerprint density at radius 1 is 1.44 bits per heavy atom. The van der Waals surface area contributed by atoms with Crippen LogP contribution in [0.2, 0.25) is 0 Å². The Kier molecular flexibility index (Phi) is 4.44. The largest absolute Gasteiger partial charge is 0.379 e. The van der Waals surface area contributed by atoms with Crippen molar-refractivity contribution in [2.75, 3.05) is 19.8 Å². The molecule has 2 nitrogen and oxygen atoms in total. The molecule has 0 aromatic heterocycles. The maximum Gasteiger partial charge on any atom is 0.133 e. The molecule has 1 aliphatic heterocycles. The number of hydrogen-bond donors (Lipinski definition) is 1. The Labute approximate surface area is 106 Å². The average molecular weight is 253 g/mol. The molecule has 1 fully saturated rings. The molecule has 1 saturated heterocycles. The number of nitrogens with one attached hydrogen (secondary N) is 1. The van der Waals surface area contributed by atoms with Crippen LogP contribution in [-0.2, 0) is 4.74 Å². The number of ether oxygens (including phenoxy) is 1. The Balaban J connectivity index is 2.07. The van der Waals surface area contributed by atoms with Crippen molar-refractivity contribution in [2.24, 2.45) is 0 Å². The van der Waals surface area contributed by atoms with Gasteiger partial charge >= 0.3 is 0 Å². The van der Waals surface area contributed by atoms with E-state index in [2.05, 4.69) is 5.32 Å². The standard InChI is InChI=1S/C14H17F2NO/c1-10(7-11-9-18-6-5-17-11)8-12-13(15)3-2-4-14(12)16/h2-4,8,11,17H,5-7,9H2,1H3/b10-8-. The first-order chi connectivity index (χ1) is 8.66. The SMILES string of the molecule is C/C(=C/c1c(F)cccc1F)CC1COCCN1. The van der Waals surface area contributed by atoms with Crippen molar-refractivity contribution in [2.45, 2.75) is 19.4 Å². The molecule has 98 valence electrons. The van der Waals surface area contributed by atoms with Crippen LogP contribution in [0.3, 0.4) is 0 Å². The maximum absolute atomic E-state index is 13.5. The Morgan fingerprint density at radius 3 is 2.78 bits per heavy atom. The van der Waals surface area contributed by atoms with Crippen molar-refractivity contribution in [3.8, 4) is 0 Å². The highest BCUT2D eigenvalue weighted by Crippen LogP contribution is 2.18. The van der Waals surface area contributed by atoms with Crippen molar-refractivity contribution in [3.05, 3.63) is 41.0 Å². The predicted molar refractivity (Wildman–Crippen MR) is 67.2 cm³/mol. The van der Waals surface area contributed by atoms with E-state index in [-0.39, 0.29) is 11.6 Å². The van der Waals surface area contributed by atoms with Crippen molar-refractivity contribution >= 4 is 6.08 Å². The number of halogens is 2. The van der Waals surface area contributed by atoms with E-state index >= 15 is 0 Å². The minimum absolute atomic E-state index is 0.0340. The lowest BCUT2D eigenvalue weighted by atomic mass is 10.0. The molecule has 0 saturated carbocycles. The van der Waals surface area contributed by atoms with Crippen LogP contribution in [0.15, 0.2) is 23.8 Å². The molecule has 1 aromatic rings. The highest BCUT2D eigenvalue weighted by molar-refractivity contribution is 5.53. The third kappa shape index (κ3) is 3.37. The number of hydrogen-bond acceptors (Lipinski definition) is 2. The van der Waals surface area contributed by atoms with Crippen LogP contribution in [0.1, 0.15) is 18.9 Å². The van der Waals surface area contributed by atoms with Gasteiger partial charge in [0.05, 0.1) is 13.2 Å². The first kappa shape index (κ1) is 13.2. The molecule has 0 bridgehead atoms. The van der Waals surface area contributed by atoms with Crippen molar-refractivity contribution in [1.29, 1.82) is 0 Å². The lowest BCUT2D eigenvalue weighted by Gasteiger charge is -2.24. The zero-order valence-electron chi connectivity index (χ0n) is 10.4. The van der Waals surface area contributed by atoms with Gasteiger partial charge in [-0.25, -0.2) is 8.78 Å². The molecule has 1 aromatic carbocycles. The molecule has 0 spiro atoms. The van der Waals surface area contributed by atoms with Crippen molar-refractivity contribution < 1.29 is 13.5 Å². The van der Waals surface area contributed by atoms with Gasteiger partial charge in [0.2, 0.25) is 0 Å². The summed E-state index contributed by atoms with van der Waals surface area (Å²) >= 11 is 0. The van der Waals surface area contributed by atoms with Crippen LogP contribution in [0.4, 0.5) is 8.78 Å². The quantitative estimate of drug-likeness (QED) is 0.894. The van der Waals surface area contributed by atoms with Gasteiger partial charge in [-0.1, -0.05) is 17.7 Å². The third-order valence-electron chi connectivity index (χ3n) is 2.96. The van der Waals surface area contributed by atoms with Gasteiger partial charge in [0.15, 0.2) is 0 Å². The van der Waals surface area contributed by atoms with Gasteiger partial charge < -0.3 is 10.1 Å². The normalized spacial score (nSPS) is 21.1. The van der Waals surface area contributed by atoms with Crippen molar-refractivity contribution in [3.63, 3.8) is 0 Å². The highest BCUT2D eigenvalue weighted by atomic mass is 19.1. The molecule has 0 radical (unpaired) electrons. The van der Waals surface area contributed by atoms with E-state index in [0.717, 1.165) is 25.1 Å². The fourth-order valence-electron chi connectivity index (χ4n) is 2.09. The van der Waals surface area contributed by atoms with Crippen LogP contribution in [0.5, 0.6) is 0 Å². The van der Waals surface area contributed by atoms with Crippen LogP contribution in [0.25, 0.3) is 6.08 Å². The summed E-state index contributed by atoms with van der Waals surface area (Å²) in [4.78, 5) is 0. The first-order valence-corrected chi connectivity index (χ1v) is 6.09. The molecule has 0 aliphatic carbocycles. The zero-order chi connectivity index (χ0) is 13.0. The van der Waals surface area contributed by atoms with Gasteiger partial charge in [0, 0.05) is 18.2 Å². The molecule has 1 heterocycles. The monoisotopic (exact) mass is 253 g/mol. The van der Waals surface area contributed by atoms with E-state index in [4.69, 9.17) is 4.74 Å². The van der Waals surface area contributed by atoms with E-state index in [1.54, 1.807) is 6.08 Å². The summed E-state index contributed by atoms with van der Waals surface area (Å²) < 4.78 is 32.3. The summed E-state index contributed by atoms with van der Waals surface area (Å²) in [6, 6.07) is 4.13. The van der Waals surface area contributed by atoms with Gasteiger partial charge in [0.25, 0.3) is 0 Å². The van der Waals surface area contributed by atoms with Crippen molar-refractivity contribution in [1.82, 2.24) is 5.32 Å². The summed E-state index contributed by atoms with van der Waals surface area (Å²) in [5.41, 5.74) is 0.966. The Bertz CT molecular complexity index is 419. The summed E-state index contributed by atoms with van der Waals surface area (Å²) in [7, 11) is 0. The van der Waals surface area contributed by atoms with Gasteiger partial charge in [-0.3, -0.25) is 0 Å². The molecule has 18 heavy (non-hydrogen) atoms. The molecule has 0 amide bonds. The second-order valence-corrected chi connectivity index (χ2v) is 4.56. The molecule has 2 rings (SSSR count). The minimum atomic E-state index is -0.526. The molecular weight excluding hydrogens is 236 g/mol. The topological polar surface area (TPSA) is 21.3 Å². The van der Waals surface area contributed by atoms with Gasteiger partial charge in [0.1, 0.15) is 11.6 Å². The second kappa shape index (κ2) is 6.07. The Morgan fingerprint density at radius 2 is 2.17 bits per heavy atom. The average Bonchev–Trinajstić information content (AvgIpc) is 2.35. The van der Waals surface area contributed by atoms with Crippen LogP contribution in [0, 0.1) is 11.6 Å². The van der Waals surface area contributed by atoms with Gasteiger partial charge in [-0.05, 0) is 25.5 Å². The molecule has 4 heteroatoms. The van der Waals surface area contributed by atoms with E-state index in [1.807, 2.05) is 6.92 Å². The number of morpholine rings is 1. The fourth-order valence-corrected chi connectivity index (χ4v) is 2.09. The predicted octanol–water partition coefficient (Wildman–Crippen LogP) is 2.75. The Hall–Kier alpha value is -1.26. The minimum Gasteiger partial charge on any atom is -0.379 e. The van der Waals surface area contributed by atoms with E-state index in [0.29, 0.717) is 6.61 Å². The molecule has 1 N–H and O–H groups in total. The molecule has 1 atom stereocenters. The lowest BCUT2D eigenvalue weighted by Crippen LogP contribution is -2.41. The summed E-state index contributed by atoms with van der Waals surface area (Å²) in [5.74, 6) is -1.05. The molecular formula is C14H17F2NO. The van der Waals surface area contributed by atoms with E-state index in [1.165, 1.54) is 18.2 Å². The van der Waals surface area contributed by atoms with Gasteiger partial charge in [-0.2, -0.15) is 0 Å². The summed E-state index contributed by atoms with van der Waals surface area (Å²) in [6.07, 6.45) is 2.30. The smallest absolute Gasteiger partial charge is 0.133 e. The van der Waals surface area contributed by atoms with Crippen LogP contribution >= 0.6 is 0 Å². The molecule has 1 unspecified atom stereocenters. The molecule has 1 aliphatic rings. The third-order valence-corrected chi connectivity index (χ3v) is 2.96. The first-order valence-electron chi connectivity index (χ1n) is 6.09. The van der Waals surface area contributed by atoms with Crippen LogP contribution in [-0.4, -0.2) is 25.8 Å². The van der Waals surface area contributed by atoms with Gasteiger partial charge in [-0.15, -0.1) is 0 Å². The highest BCUT2D eigenvalue weighted by Gasteiger charge is 2.14. The fraction of sp³-hybridized carbons (Fsp3) is 0.429. The summed E-state index contributed by atoms with van der Waals surface area (Å²) in [6.45, 7) is 4.07. The van der Waals surface area contributed by atoms with E-state index in [9.17, 15) is 8.78 Å². The summed E-state index contributed by atoms with van der Waals surface area (Å²) in [5, 5.41) is 3.31. The maximum atomic E-state index is 13.5. The zero-order valence-corrected chi connectivity index (χ0v) is 10.4. The van der Waals surface area contributed by atoms with E-state index < -0.39 is 11.6 Å².